The number of piperidine rings is 1. The van der Waals surface area contributed by atoms with Gasteiger partial charge in [-0.3, -0.25) is 9.59 Å². The van der Waals surface area contributed by atoms with Crippen molar-refractivity contribution in [2.45, 2.75) is 39.0 Å². The minimum atomic E-state index is 0.0645. The first kappa shape index (κ1) is 12.4. The lowest BCUT2D eigenvalue weighted by Crippen LogP contribution is -2.46. The van der Waals surface area contributed by atoms with Crippen LogP contribution in [0.15, 0.2) is 0 Å². The Hall–Kier alpha value is -1.06. The summed E-state index contributed by atoms with van der Waals surface area (Å²) >= 11 is 0. The van der Waals surface area contributed by atoms with Gasteiger partial charge in [-0.2, -0.15) is 0 Å². The highest BCUT2D eigenvalue weighted by molar-refractivity contribution is 5.86. The average Bonchev–Trinajstić information content (AvgIpc) is 2.23. The lowest BCUT2D eigenvalue weighted by atomic mass is 9.85. The number of carbonyl (C=O) groups excluding carboxylic acids is 2. The monoisotopic (exact) mass is 238 g/mol. The van der Waals surface area contributed by atoms with Gasteiger partial charge in [0.15, 0.2) is 0 Å². The van der Waals surface area contributed by atoms with Gasteiger partial charge in [0.05, 0.1) is 6.54 Å². The Kier molecular flexibility index (Phi) is 4.02. The van der Waals surface area contributed by atoms with Crippen molar-refractivity contribution in [3.8, 4) is 0 Å². The second-order valence-corrected chi connectivity index (χ2v) is 5.43. The van der Waals surface area contributed by atoms with Gasteiger partial charge in [-0.1, -0.05) is 13.3 Å². The number of hydrogen-bond donors (Lipinski definition) is 1. The standard InChI is InChI=1S/C13H22N2O2/c1-10-4-3-7-15(9-10)12(16)8-14-13(17)11-5-2-6-11/h10-11H,2-9H2,1H3,(H,14,17). The fourth-order valence-corrected chi connectivity index (χ4v) is 2.51. The van der Waals surface area contributed by atoms with Crippen molar-refractivity contribution in [2.75, 3.05) is 19.6 Å². The van der Waals surface area contributed by atoms with Gasteiger partial charge in [0.1, 0.15) is 0 Å². The van der Waals surface area contributed by atoms with E-state index in [1.165, 1.54) is 6.42 Å². The van der Waals surface area contributed by atoms with Gasteiger partial charge in [0, 0.05) is 19.0 Å². The molecule has 0 aromatic heterocycles. The first-order valence-corrected chi connectivity index (χ1v) is 6.72. The molecule has 4 heteroatoms. The third kappa shape index (κ3) is 3.20. The molecule has 2 amide bonds. The molecule has 0 aromatic rings. The van der Waals surface area contributed by atoms with Gasteiger partial charge < -0.3 is 10.2 Å². The number of rotatable bonds is 3. The van der Waals surface area contributed by atoms with E-state index in [1.807, 2.05) is 4.90 Å². The van der Waals surface area contributed by atoms with Crippen molar-refractivity contribution in [3.63, 3.8) is 0 Å². The molecule has 1 saturated heterocycles. The number of hydrogen-bond acceptors (Lipinski definition) is 2. The zero-order valence-electron chi connectivity index (χ0n) is 10.6. The third-order valence-electron chi connectivity index (χ3n) is 3.90. The van der Waals surface area contributed by atoms with E-state index < -0.39 is 0 Å². The number of nitrogens with one attached hydrogen (secondary N) is 1. The minimum Gasteiger partial charge on any atom is -0.347 e. The Morgan fingerprint density at radius 1 is 1.24 bits per heavy atom. The van der Waals surface area contributed by atoms with E-state index in [2.05, 4.69) is 12.2 Å². The van der Waals surface area contributed by atoms with Crippen LogP contribution >= 0.6 is 0 Å². The van der Waals surface area contributed by atoms with E-state index in [9.17, 15) is 9.59 Å². The first-order valence-electron chi connectivity index (χ1n) is 6.72. The van der Waals surface area contributed by atoms with Crippen LogP contribution in [0.4, 0.5) is 0 Å². The van der Waals surface area contributed by atoms with Gasteiger partial charge in [0.2, 0.25) is 11.8 Å². The smallest absolute Gasteiger partial charge is 0.241 e. The molecule has 1 atom stereocenters. The van der Waals surface area contributed by atoms with Crippen LogP contribution in [0.3, 0.4) is 0 Å². The van der Waals surface area contributed by atoms with Crippen LogP contribution in [0.1, 0.15) is 39.0 Å². The molecule has 1 heterocycles. The van der Waals surface area contributed by atoms with Gasteiger partial charge in [-0.05, 0) is 31.6 Å². The van der Waals surface area contributed by atoms with Crippen LogP contribution in [-0.2, 0) is 9.59 Å². The Morgan fingerprint density at radius 2 is 2.00 bits per heavy atom. The summed E-state index contributed by atoms with van der Waals surface area (Å²) in [5.41, 5.74) is 0. The van der Waals surface area contributed by atoms with Crippen molar-refractivity contribution < 1.29 is 9.59 Å². The molecular formula is C13H22N2O2. The van der Waals surface area contributed by atoms with Crippen LogP contribution in [0.25, 0.3) is 0 Å². The van der Waals surface area contributed by atoms with E-state index in [1.54, 1.807) is 0 Å². The molecule has 1 unspecified atom stereocenters. The zero-order valence-corrected chi connectivity index (χ0v) is 10.6. The Balaban J connectivity index is 1.70. The summed E-state index contributed by atoms with van der Waals surface area (Å²) in [5, 5.41) is 2.77. The van der Waals surface area contributed by atoms with Crippen LogP contribution in [-0.4, -0.2) is 36.3 Å². The van der Waals surface area contributed by atoms with Crippen molar-refractivity contribution in [1.29, 1.82) is 0 Å². The van der Waals surface area contributed by atoms with Crippen LogP contribution in [0, 0.1) is 11.8 Å². The molecule has 96 valence electrons. The molecule has 1 saturated carbocycles. The number of nitrogens with zero attached hydrogens (tertiary/aromatic N) is 1. The summed E-state index contributed by atoms with van der Waals surface area (Å²) < 4.78 is 0. The normalized spacial score (nSPS) is 25.2. The van der Waals surface area contributed by atoms with Crippen molar-refractivity contribution in [1.82, 2.24) is 10.2 Å². The van der Waals surface area contributed by atoms with E-state index in [4.69, 9.17) is 0 Å². The Labute approximate surface area is 103 Å². The third-order valence-corrected chi connectivity index (χ3v) is 3.90. The quantitative estimate of drug-likeness (QED) is 0.802. The SMILES string of the molecule is CC1CCCN(C(=O)CNC(=O)C2CCC2)C1. The lowest BCUT2D eigenvalue weighted by molar-refractivity contribution is -0.135. The Morgan fingerprint density at radius 3 is 2.59 bits per heavy atom. The molecule has 1 aliphatic carbocycles. The average molecular weight is 238 g/mol. The molecule has 17 heavy (non-hydrogen) atoms. The van der Waals surface area contributed by atoms with Crippen molar-refractivity contribution in [3.05, 3.63) is 0 Å². The van der Waals surface area contributed by atoms with Crippen molar-refractivity contribution >= 4 is 11.8 Å². The maximum absolute atomic E-state index is 11.9. The fourth-order valence-electron chi connectivity index (χ4n) is 2.51. The summed E-state index contributed by atoms with van der Waals surface area (Å²) in [4.78, 5) is 25.4. The molecule has 0 spiro atoms. The molecule has 1 aliphatic heterocycles. The second kappa shape index (κ2) is 5.52. The predicted molar refractivity (Wildman–Crippen MR) is 65.3 cm³/mol. The summed E-state index contributed by atoms with van der Waals surface area (Å²) in [6, 6.07) is 0. The predicted octanol–water partition coefficient (Wildman–Crippen LogP) is 1.16. The van der Waals surface area contributed by atoms with Gasteiger partial charge in [0.25, 0.3) is 0 Å². The number of amides is 2. The highest BCUT2D eigenvalue weighted by Crippen LogP contribution is 2.26. The molecular weight excluding hydrogens is 216 g/mol. The van der Waals surface area contributed by atoms with Crippen LogP contribution in [0.5, 0.6) is 0 Å². The molecule has 4 nitrogen and oxygen atoms in total. The van der Waals surface area contributed by atoms with E-state index in [0.29, 0.717) is 5.92 Å². The van der Waals surface area contributed by atoms with Crippen LogP contribution in [0.2, 0.25) is 0 Å². The van der Waals surface area contributed by atoms with E-state index in [0.717, 1.165) is 38.8 Å². The molecule has 2 aliphatic rings. The summed E-state index contributed by atoms with van der Waals surface area (Å²) in [6.07, 6.45) is 5.42. The first-order chi connectivity index (χ1) is 8.16. The zero-order chi connectivity index (χ0) is 12.3. The second-order valence-electron chi connectivity index (χ2n) is 5.43. The van der Waals surface area contributed by atoms with Crippen LogP contribution < -0.4 is 5.32 Å². The van der Waals surface area contributed by atoms with E-state index >= 15 is 0 Å². The molecule has 0 radical (unpaired) electrons. The summed E-state index contributed by atoms with van der Waals surface area (Å²) in [5.74, 6) is 0.900. The maximum atomic E-state index is 11.9. The molecule has 1 N–H and O–H groups in total. The van der Waals surface area contributed by atoms with E-state index in [-0.39, 0.29) is 24.3 Å². The number of carbonyl (C=O) groups is 2. The summed E-state index contributed by atoms with van der Waals surface area (Å²) in [7, 11) is 0. The molecule has 2 fully saturated rings. The summed E-state index contributed by atoms with van der Waals surface area (Å²) in [6.45, 7) is 4.05. The topological polar surface area (TPSA) is 49.4 Å². The minimum absolute atomic E-state index is 0.0645. The lowest BCUT2D eigenvalue weighted by Gasteiger charge is -2.31. The highest BCUT2D eigenvalue weighted by atomic mass is 16.2. The van der Waals surface area contributed by atoms with Gasteiger partial charge in [-0.15, -0.1) is 0 Å². The van der Waals surface area contributed by atoms with Gasteiger partial charge >= 0.3 is 0 Å². The molecule has 0 bridgehead atoms. The molecule has 0 aromatic carbocycles. The highest BCUT2D eigenvalue weighted by Gasteiger charge is 2.26. The van der Waals surface area contributed by atoms with Gasteiger partial charge in [-0.25, -0.2) is 0 Å². The largest absolute Gasteiger partial charge is 0.347 e. The maximum Gasteiger partial charge on any atom is 0.241 e. The number of likely N-dealkylation sites (tertiary alicyclic amines) is 1. The van der Waals surface area contributed by atoms with Crippen molar-refractivity contribution in [2.24, 2.45) is 11.8 Å². The fraction of sp³-hybridized carbons (Fsp3) is 0.846. The Bertz CT molecular complexity index is 300. The molecule has 2 rings (SSSR count).